The summed E-state index contributed by atoms with van der Waals surface area (Å²) in [5.74, 6) is 1.69. The molecule has 0 radical (unpaired) electrons. The van der Waals surface area contributed by atoms with E-state index < -0.39 is 0 Å². The molecule has 0 aromatic carbocycles. The molecule has 0 amide bonds. The number of nitrogens with one attached hydrogen (secondary N) is 1. The molecule has 1 aliphatic carbocycles. The summed E-state index contributed by atoms with van der Waals surface area (Å²) < 4.78 is 5.20. The maximum Gasteiger partial charge on any atom is 0.0505 e. The van der Waals surface area contributed by atoms with Gasteiger partial charge in [0.15, 0.2) is 0 Å². The third kappa shape index (κ3) is 3.55. The molecule has 1 unspecified atom stereocenters. The molecule has 0 bridgehead atoms. The van der Waals surface area contributed by atoms with Crippen LogP contribution < -0.4 is 5.32 Å². The highest BCUT2D eigenvalue weighted by Crippen LogP contribution is 2.36. The van der Waals surface area contributed by atoms with Gasteiger partial charge in [-0.05, 0) is 24.7 Å². The van der Waals surface area contributed by atoms with Crippen molar-refractivity contribution < 1.29 is 4.74 Å². The third-order valence-electron chi connectivity index (χ3n) is 2.46. The Labute approximate surface area is 75.7 Å². The monoisotopic (exact) mass is 171 g/mol. The van der Waals surface area contributed by atoms with E-state index in [0.29, 0.717) is 6.04 Å². The number of ether oxygens (including phenoxy) is 1. The van der Waals surface area contributed by atoms with Gasteiger partial charge in [-0.3, -0.25) is 0 Å². The Morgan fingerprint density at radius 1 is 1.42 bits per heavy atom. The fourth-order valence-electron chi connectivity index (χ4n) is 1.53. The minimum Gasteiger partial charge on any atom is -0.384 e. The molecule has 1 fully saturated rings. The van der Waals surface area contributed by atoms with E-state index >= 15 is 0 Å². The normalized spacial score (nSPS) is 20.0. The predicted octanol–water partition coefficient (Wildman–Crippen LogP) is 1.66. The summed E-state index contributed by atoms with van der Waals surface area (Å²) in [6.07, 6.45) is 2.82. The van der Waals surface area contributed by atoms with Gasteiger partial charge in [0.25, 0.3) is 0 Å². The molecule has 2 nitrogen and oxygen atoms in total. The van der Waals surface area contributed by atoms with Gasteiger partial charge in [-0.15, -0.1) is 0 Å². The second kappa shape index (κ2) is 4.83. The van der Waals surface area contributed by atoms with E-state index in [9.17, 15) is 0 Å². The van der Waals surface area contributed by atoms with Crippen molar-refractivity contribution in [2.75, 3.05) is 20.3 Å². The lowest BCUT2D eigenvalue weighted by Gasteiger charge is -2.17. The molecule has 0 heterocycles. The van der Waals surface area contributed by atoms with Gasteiger partial charge in [-0.25, -0.2) is 0 Å². The summed E-state index contributed by atoms with van der Waals surface area (Å²) in [6, 6.07) is 0.600. The second-order valence-electron chi connectivity index (χ2n) is 4.12. The largest absolute Gasteiger partial charge is 0.384 e. The van der Waals surface area contributed by atoms with Crippen molar-refractivity contribution in [1.82, 2.24) is 5.32 Å². The molecule has 72 valence electrons. The topological polar surface area (TPSA) is 21.3 Å². The second-order valence-corrected chi connectivity index (χ2v) is 4.12. The molecule has 12 heavy (non-hydrogen) atoms. The van der Waals surface area contributed by atoms with Gasteiger partial charge in [0, 0.05) is 19.7 Å². The van der Waals surface area contributed by atoms with Crippen LogP contribution in [0.5, 0.6) is 0 Å². The van der Waals surface area contributed by atoms with Crippen molar-refractivity contribution in [3.8, 4) is 0 Å². The van der Waals surface area contributed by atoms with Crippen molar-refractivity contribution in [2.24, 2.45) is 11.8 Å². The Hall–Kier alpha value is -0.0800. The number of methoxy groups -OCH3 is 1. The zero-order valence-corrected chi connectivity index (χ0v) is 8.47. The lowest BCUT2D eigenvalue weighted by Crippen LogP contribution is -2.31. The van der Waals surface area contributed by atoms with Crippen LogP contribution in [0.3, 0.4) is 0 Å². The molecule has 0 saturated heterocycles. The highest BCUT2D eigenvalue weighted by atomic mass is 16.5. The first-order valence-electron chi connectivity index (χ1n) is 4.96. The summed E-state index contributed by atoms with van der Waals surface area (Å²) in [5.41, 5.74) is 0. The van der Waals surface area contributed by atoms with Crippen LogP contribution in [0.2, 0.25) is 0 Å². The van der Waals surface area contributed by atoms with Crippen LogP contribution in [0.1, 0.15) is 26.7 Å². The Balaban J connectivity index is 2.13. The van der Waals surface area contributed by atoms with Crippen molar-refractivity contribution in [3.63, 3.8) is 0 Å². The Bertz CT molecular complexity index is 121. The van der Waals surface area contributed by atoms with Gasteiger partial charge in [0.1, 0.15) is 0 Å². The summed E-state index contributed by atoms with van der Waals surface area (Å²) in [7, 11) is 1.80. The van der Waals surface area contributed by atoms with Crippen LogP contribution in [-0.4, -0.2) is 26.3 Å². The van der Waals surface area contributed by atoms with Crippen LogP contribution in [-0.2, 0) is 4.74 Å². The first-order valence-corrected chi connectivity index (χ1v) is 4.96. The maximum atomic E-state index is 5.20. The predicted molar refractivity (Wildman–Crippen MR) is 51.2 cm³/mol. The highest BCUT2D eigenvalue weighted by Gasteiger charge is 2.30. The molecule has 0 aliphatic heterocycles. The molecule has 0 aromatic rings. The molecular weight excluding hydrogens is 150 g/mol. The summed E-state index contributed by atoms with van der Waals surface area (Å²) in [4.78, 5) is 0. The van der Waals surface area contributed by atoms with Crippen LogP contribution in [0.25, 0.3) is 0 Å². The van der Waals surface area contributed by atoms with Gasteiger partial charge in [0.2, 0.25) is 0 Å². The molecule has 1 atom stereocenters. The van der Waals surface area contributed by atoms with E-state index in [2.05, 4.69) is 19.2 Å². The summed E-state index contributed by atoms with van der Waals surface area (Å²) >= 11 is 0. The molecule has 0 aromatic heterocycles. The summed E-state index contributed by atoms with van der Waals surface area (Å²) in [5, 5.41) is 3.47. The molecular formula is C10H21NO. The van der Waals surface area contributed by atoms with Crippen molar-refractivity contribution in [3.05, 3.63) is 0 Å². The zero-order valence-electron chi connectivity index (χ0n) is 8.47. The van der Waals surface area contributed by atoms with E-state index in [-0.39, 0.29) is 0 Å². The minimum absolute atomic E-state index is 0.600. The molecule has 1 N–H and O–H groups in total. The molecule has 1 saturated carbocycles. The SMILES string of the molecule is COCC(CNC(C)C)C1CC1. The Kier molecular flexibility index (Phi) is 4.02. The van der Waals surface area contributed by atoms with Gasteiger partial charge in [0.05, 0.1) is 6.61 Å². The molecule has 2 heteroatoms. The van der Waals surface area contributed by atoms with E-state index in [4.69, 9.17) is 4.74 Å². The van der Waals surface area contributed by atoms with Crippen LogP contribution in [0.4, 0.5) is 0 Å². The maximum absolute atomic E-state index is 5.20. The van der Waals surface area contributed by atoms with Gasteiger partial charge in [-0.1, -0.05) is 13.8 Å². The van der Waals surface area contributed by atoms with Crippen molar-refractivity contribution >= 4 is 0 Å². The van der Waals surface area contributed by atoms with Gasteiger partial charge >= 0.3 is 0 Å². The van der Waals surface area contributed by atoms with Gasteiger partial charge in [-0.2, -0.15) is 0 Å². The van der Waals surface area contributed by atoms with Crippen molar-refractivity contribution in [1.29, 1.82) is 0 Å². The standard InChI is InChI=1S/C10H21NO/c1-8(2)11-6-10(7-12-3)9-4-5-9/h8-11H,4-7H2,1-3H3. The lowest BCUT2D eigenvalue weighted by molar-refractivity contribution is 0.139. The Morgan fingerprint density at radius 3 is 2.50 bits per heavy atom. The smallest absolute Gasteiger partial charge is 0.0505 e. The van der Waals surface area contributed by atoms with E-state index in [0.717, 1.165) is 25.0 Å². The fraction of sp³-hybridized carbons (Fsp3) is 1.00. The number of rotatable bonds is 6. The van der Waals surface area contributed by atoms with E-state index in [1.54, 1.807) is 7.11 Å². The average molecular weight is 171 g/mol. The first-order chi connectivity index (χ1) is 5.74. The molecule has 1 aliphatic rings. The quantitative estimate of drug-likeness (QED) is 0.656. The molecule has 0 spiro atoms. The number of hydrogen-bond donors (Lipinski definition) is 1. The Morgan fingerprint density at radius 2 is 2.08 bits per heavy atom. The van der Waals surface area contributed by atoms with E-state index in [1.807, 2.05) is 0 Å². The lowest BCUT2D eigenvalue weighted by atomic mass is 10.1. The van der Waals surface area contributed by atoms with Crippen LogP contribution >= 0.6 is 0 Å². The van der Waals surface area contributed by atoms with Crippen molar-refractivity contribution in [2.45, 2.75) is 32.7 Å². The van der Waals surface area contributed by atoms with Crippen LogP contribution in [0.15, 0.2) is 0 Å². The molecule has 1 rings (SSSR count). The fourth-order valence-corrected chi connectivity index (χ4v) is 1.53. The van der Waals surface area contributed by atoms with Gasteiger partial charge < -0.3 is 10.1 Å². The number of hydrogen-bond acceptors (Lipinski definition) is 2. The average Bonchev–Trinajstić information content (AvgIpc) is 2.79. The van der Waals surface area contributed by atoms with Crippen LogP contribution in [0, 0.1) is 11.8 Å². The van der Waals surface area contributed by atoms with E-state index in [1.165, 1.54) is 12.8 Å². The first kappa shape index (κ1) is 10.0. The highest BCUT2D eigenvalue weighted by molar-refractivity contribution is 4.82. The summed E-state index contributed by atoms with van der Waals surface area (Å²) in [6.45, 7) is 6.42. The third-order valence-corrected chi connectivity index (χ3v) is 2.46. The minimum atomic E-state index is 0.600. The zero-order chi connectivity index (χ0) is 8.97.